The largest absolute Gasteiger partial charge is 0.455 e. The SMILES string of the molecule is O=C(COC(=O)C1C[C@H]2CCC[C@@H](C1)C2=O)Nc1ccc(Cl)cc1[N+](=O)[O-]. The van der Waals surface area contributed by atoms with Crippen molar-refractivity contribution >= 4 is 40.6 Å². The first-order chi connectivity index (χ1) is 12.8. The van der Waals surface area contributed by atoms with E-state index < -0.39 is 23.4 Å². The minimum atomic E-state index is -0.680. The quantitative estimate of drug-likeness (QED) is 0.466. The van der Waals surface area contributed by atoms with Crippen molar-refractivity contribution in [1.82, 2.24) is 0 Å². The molecule has 1 unspecified atom stereocenters. The molecule has 144 valence electrons. The molecule has 2 fully saturated rings. The van der Waals surface area contributed by atoms with Crippen molar-refractivity contribution in [2.75, 3.05) is 11.9 Å². The molecular formula is C18H19ClN2O6. The van der Waals surface area contributed by atoms with Crippen LogP contribution in [0.15, 0.2) is 18.2 Å². The molecule has 0 aromatic heterocycles. The Bertz CT molecular complexity index is 780. The molecule has 2 saturated carbocycles. The van der Waals surface area contributed by atoms with Crippen molar-refractivity contribution in [3.05, 3.63) is 33.3 Å². The molecule has 27 heavy (non-hydrogen) atoms. The van der Waals surface area contributed by atoms with Gasteiger partial charge in [-0.15, -0.1) is 0 Å². The minimum absolute atomic E-state index is 0.0248. The zero-order valence-electron chi connectivity index (χ0n) is 14.5. The fourth-order valence-corrected chi connectivity index (χ4v) is 4.04. The molecule has 2 aliphatic carbocycles. The van der Waals surface area contributed by atoms with Gasteiger partial charge in [-0.3, -0.25) is 24.5 Å². The van der Waals surface area contributed by atoms with Gasteiger partial charge in [-0.25, -0.2) is 0 Å². The van der Waals surface area contributed by atoms with E-state index in [0.29, 0.717) is 12.8 Å². The van der Waals surface area contributed by atoms with Crippen LogP contribution in [0.2, 0.25) is 5.02 Å². The van der Waals surface area contributed by atoms with Crippen molar-refractivity contribution in [3.63, 3.8) is 0 Å². The highest BCUT2D eigenvalue weighted by Gasteiger charge is 2.41. The lowest BCUT2D eigenvalue weighted by molar-refractivity contribution is -0.383. The summed E-state index contributed by atoms with van der Waals surface area (Å²) in [6.07, 6.45) is 3.56. The van der Waals surface area contributed by atoms with Gasteiger partial charge in [0.25, 0.3) is 11.6 Å². The Kier molecular flexibility index (Phi) is 5.74. The molecule has 3 rings (SSSR count). The number of nitro benzene ring substituents is 1. The summed E-state index contributed by atoms with van der Waals surface area (Å²) in [7, 11) is 0. The number of ketones is 1. The van der Waals surface area contributed by atoms with Crippen LogP contribution in [0.4, 0.5) is 11.4 Å². The average Bonchev–Trinajstić information content (AvgIpc) is 2.60. The van der Waals surface area contributed by atoms with E-state index in [1.807, 2.05) is 0 Å². The first kappa shape index (κ1) is 19.3. The molecule has 0 aliphatic heterocycles. The molecule has 0 radical (unpaired) electrons. The van der Waals surface area contributed by atoms with Crippen LogP contribution in [0.25, 0.3) is 0 Å². The highest BCUT2D eigenvalue weighted by molar-refractivity contribution is 6.31. The highest BCUT2D eigenvalue weighted by atomic mass is 35.5. The number of carbonyl (C=O) groups excluding carboxylic acids is 3. The second-order valence-electron chi connectivity index (χ2n) is 6.97. The summed E-state index contributed by atoms with van der Waals surface area (Å²) >= 11 is 5.73. The lowest BCUT2D eigenvalue weighted by Crippen LogP contribution is -2.40. The Morgan fingerprint density at radius 1 is 1.26 bits per heavy atom. The summed E-state index contributed by atoms with van der Waals surface area (Å²) in [5.41, 5.74) is -0.371. The van der Waals surface area contributed by atoms with Gasteiger partial charge in [0, 0.05) is 22.9 Å². The molecule has 0 heterocycles. The number of esters is 1. The number of benzene rings is 1. The van der Waals surface area contributed by atoms with Crippen LogP contribution in [0.3, 0.4) is 0 Å². The summed E-state index contributed by atoms with van der Waals surface area (Å²) in [6, 6.07) is 3.85. The van der Waals surface area contributed by atoms with Crippen molar-refractivity contribution in [2.24, 2.45) is 17.8 Å². The second kappa shape index (κ2) is 8.04. The number of ether oxygens (including phenoxy) is 1. The van der Waals surface area contributed by atoms with E-state index in [1.54, 1.807) is 0 Å². The summed E-state index contributed by atoms with van der Waals surface area (Å²) < 4.78 is 5.08. The van der Waals surface area contributed by atoms with Gasteiger partial charge in [0.1, 0.15) is 11.5 Å². The van der Waals surface area contributed by atoms with Gasteiger partial charge >= 0.3 is 5.97 Å². The number of anilines is 1. The number of nitrogens with zero attached hydrogens (tertiary/aromatic N) is 1. The van der Waals surface area contributed by atoms with E-state index in [9.17, 15) is 24.5 Å². The monoisotopic (exact) mass is 394 g/mol. The number of halogens is 1. The Morgan fingerprint density at radius 3 is 2.56 bits per heavy atom. The van der Waals surface area contributed by atoms with Gasteiger partial charge in [-0.05, 0) is 37.8 Å². The topological polar surface area (TPSA) is 116 Å². The van der Waals surface area contributed by atoms with E-state index in [2.05, 4.69) is 5.32 Å². The second-order valence-corrected chi connectivity index (χ2v) is 7.41. The van der Waals surface area contributed by atoms with Crippen LogP contribution in [0.1, 0.15) is 32.1 Å². The number of amides is 1. The van der Waals surface area contributed by atoms with E-state index in [4.69, 9.17) is 16.3 Å². The minimum Gasteiger partial charge on any atom is -0.455 e. The van der Waals surface area contributed by atoms with Crippen LogP contribution in [-0.2, 0) is 19.1 Å². The van der Waals surface area contributed by atoms with E-state index >= 15 is 0 Å². The zero-order chi connectivity index (χ0) is 19.6. The van der Waals surface area contributed by atoms with Gasteiger partial charge in [0.05, 0.1) is 10.8 Å². The Balaban J connectivity index is 1.54. The number of fused-ring (bicyclic) bond motifs is 2. The number of Topliss-reactive ketones (excluding diaryl/α,β-unsaturated/α-hetero) is 1. The van der Waals surface area contributed by atoms with Crippen LogP contribution in [-0.4, -0.2) is 29.2 Å². The van der Waals surface area contributed by atoms with E-state index in [0.717, 1.165) is 25.3 Å². The summed E-state index contributed by atoms with van der Waals surface area (Å²) in [4.78, 5) is 46.7. The molecular weight excluding hydrogens is 376 g/mol. The maximum atomic E-state index is 12.3. The molecule has 1 N–H and O–H groups in total. The van der Waals surface area contributed by atoms with Crippen LogP contribution >= 0.6 is 11.6 Å². The Labute approximate surface area is 160 Å². The zero-order valence-corrected chi connectivity index (χ0v) is 15.2. The fraction of sp³-hybridized carbons (Fsp3) is 0.500. The maximum absolute atomic E-state index is 12.3. The van der Waals surface area contributed by atoms with Crippen LogP contribution < -0.4 is 5.32 Å². The molecule has 9 heteroatoms. The smallest absolute Gasteiger partial charge is 0.309 e. The number of carbonyl (C=O) groups is 3. The van der Waals surface area contributed by atoms with Gasteiger partial charge in [-0.1, -0.05) is 18.0 Å². The maximum Gasteiger partial charge on any atom is 0.309 e. The highest BCUT2D eigenvalue weighted by Crippen LogP contribution is 2.40. The van der Waals surface area contributed by atoms with E-state index in [-0.39, 0.29) is 39.9 Å². The molecule has 2 bridgehead atoms. The van der Waals surface area contributed by atoms with Crippen molar-refractivity contribution in [1.29, 1.82) is 0 Å². The molecule has 3 atom stereocenters. The predicted octanol–water partition coefficient (Wildman–Crippen LogP) is 3.13. The van der Waals surface area contributed by atoms with Crippen molar-refractivity contribution in [3.8, 4) is 0 Å². The summed E-state index contributed by atoms with van der Waals surface area (Å²) in [5, 5.41) is 13.6. The van der Waals surface area contributed by atoms with Gasteiger partial charge in [-0.2, -0.15) is 0 Å². The molecule has 0 saturated heterocycles. The molecule has 8 nitrogen and oxygen atoms in total. The third-order valence-corrected chi connectivity index (χ3v) is 5.39. The third kappa shape index (κ3) is 4.44. The molecule has 0 spiro atoms. The number of nitro groups is 1. The first-order valence-electron chi connectivity index (χ1n) is 8.79. The van der Waals surface area contributed by atoms with Gasteiger partial charge < -0.3 is 10.1 Å². The van der Waals surface area contributed by atoms with Gasteiger partial charge in [0.15, 0.2) is 6.61 Å². The predicted molar refractivity (Wildman–Crippen MR) is 96.3 cm³/mol. The number of hydrogen-bond acceptors (Lipinski definition) is 6. The lowest BCUT2D eigenvalue weighted by Gasteiger charge is -2.36. The standard InChI is InChI=1S/C18H19ClN2O6/c19-13-4-5-14(15(8-13)21(25)26)20-16(22)9-27-18(24)12-6-10-2-1-3-11(7-12)17(10)23/h4-5,8,10-12H,1-3,6-7,9H2,(H,20,22)/t10-,11+,12?. The van der Waals surface area contributed by atoms with Crippen LogP contribution in [0, 0.1) is 27.9 Å². The van der Waals surface area contributed by atoms with Gasteiger partial charge in [0.2, 0.25) is 0 Å². The normalized spacial score (nSPS) is 24.2. The Hall–Kier alpha value is -2.48. The summed E-state index contributed by atoms with van der Waals surface area (Å²) in [5.74, 6) is -1.48. The number of hydrogen-bond donors (Lipinski definition) is 1. The van der Waals surface area contributed by atoms with E-state index in [1.165, 1.54) is 12.1 Å². The first-order valence-corrected chi connectivity index (χ1v) is 9.17. The molecule has 2 aliphatic rings. The molecule has 1 amide bonds. The molecule has 1 aromatic rings. The summed E-state index contributed by atoms with van der Waals surface area (Å²) in [6.45, 7) is -0.543. The van der Waals surface area contributed by atoms with Crippen molar-refractivity contribution < 1.29 is 24.0 Å². The number of rotatable bonds is 5. The fourth-order valence-electron chi connectivity index (χ4n) is 3.87. The third-order valence-electron chi connectivity index (χ3n) is 5.16. The van der Waals surface area contributed by atoms with Crippen molar-refractivity contribution in [2.45, 2.75) is 32.1 Å². The number of nitrogens with one attached hydrogen (secondary N) is 1. The Morgan fingerprint density at radius 2 is 1.93 bits per heavy atom. The molecule has 1 aromatic carbocycles. The lowest BCUT2D eigenvalue weighted by atomic mass is 9.67. The van der Waals surface area contributed by atoms with Crippen LogP contribution in [0.5, 0.6) is 0 Å². The average molecular weight is 395 g/mol.